The predicted molar refractivity (Wildman–Crippen MR) is 102 cm³/mol. The normalized spacial score (nSPS) is 23.1. The van der Waals surface area contributed by atoms with Gasteiger partial charge in [0.2, 0.25) is 5.91 Å². The van der Waals surface area contributed by atoms with Gasteiger partial charge in [0.1, 0.15) is 0 Å². The summed E-state index contributed by atoms with van der Waals surface area (Å²) in [4.78, 5) is 17.1. The molecule has 1 aromatic rings. The van der Waals surface area contributed by atoms with Gasteiger partial charge in [-0.1, -0.05) is 12.1 Å². The number of anilines is 1. The monoisotopic (exact) mass is 348 g/mol. The summed E-state index contributed by atoms with van der Waals surface area (Å²) < 4.78 is 0. The topological polar surface area (TPSA) is 47.6 Å². The summed E-state index contributed by atoms with van der Waals surface area (Å²) in [5.41, 5.74) is 2.18. The molecule has 0 saturated carbocycles. The molecule has 2 aliphatic rings. The van der Waals surface area contributed by atoms with Gasteiger partial charge in [-0.15, -0.1) is 0 Å². The van der Waals surface area contributed by atoms with Crippen LogP contribution in [0.1, 0.15) is 12.5 Å². The Kier molecular flexibility index (Phi) is 6.54. The van der Waals surface area contributed by atoms with Crippen molar-refractivity contribution in [3.05, 3.63) is 29.8 Å². The molecule has 0 bridgehead atoms. The molecule has 0 radical (unpaired) electrons. The Morgan fingerprint density at radius 3 is 2.96 bits per heavy atom. The standard InChI is InChI=1S/C18H28N4OS/c1-15-12-19-5-6-22(15)14-18(23)20-17-4-2-3-16(11-17)13-21-7-9-24-10-8-21/h2-4,11,15,19H,5-10,12-14H2,1H3,(H,20,23)/t15-/m1/s1. The van der Waals surface area contributed by atoms with Crippen molar-refractivity contribution >= 4 is 23.4 Å². The molecular formula is C18H28N4OS. The Labute approximate surface area is 149 Å². The first-order chi connectivity index (χ1) is 11.7. The number of benzene rings is 1. The van der Waals surface area contributed by atoms with E-state index in [1.165, 1.54) is 17.1 Å². The van der Waals surface area contributed by atoms with E-state index in [-0.39, 0.29) is 5.91 Å². The first kappa shape index (κ1) is 17.7. The lowest BCUT2D eigenvalue weighted by Gasteiger charge is -2.33. The highest BCUT2D eigenvalue weighted by atomic mass is 32.2. The molecule has 0 aromatic heterocycles. The molecule has 5 nitrogen and oxygen atoms in total. The van der Waals surface area contributed by atoms with Crippen LogP contribution in [0.15, 0.2) is 24.3 Å². The Bertz CT molecular complexity index is 548. The minimum atomic E-state index is 0.0790. The average Bonchev–Trinajstić information content (AvgIpc) is 2.58. The lowest BCUT2D eigenvalue weighted by Crippen LogP contribution is -2.51. The third kappa shape index (κ3) is 5.21. The van der Waals surface area contributed by atoms with Crippen LogP contribution in [-0.2, 0) is 11.3 Å². The lowest BCUT2D eigenvalue weighted by molar-refractivity contribution is -0.118. The van der Waals surface area contributed by atoms with E-state index in [4.69, 9.17) is 0 Å². The van der Waals surface area contributed by atoms with Crippen molar-refractivity contribution in [1.29, 1.82) is 0 Å². The molecule has 0 unspecified atom stereocenters. The highest BCUT2D eigenvalue weighted by Gasteiger charge is 2.20. The van der Waals surface area contributed by atoms with Crippen LogP contribution in [0, 0.1) is 0 Å². The molecule has 1 amide bonds. The molecule has 2 aliphatic heterocycles. The molecule has 2 saturated heterocycles. The van der Waals surface area contributed by atoms with Crippen molar-refractivity contribution in [3.8, 4) is 0 Å². The fourth-order valence-electron chi connectivity index (χ4n) is 3.27. The van der Waals surface area contributed by atoms with Gasteiger partial charge in [-0.25, -0.2) is 0 Å². The van der Waals surface area contributed by atoms with Crippen molar-refractivity contribution in [2.45, 2.75) is 19.5 Å². The van der Waals surface area contributed by atoms with Crippen molar-refractivity contribution < 1.29 is 4.79 Å². The predicted octanol–water partition coefficient (Wildman–Crippen LogP) is 1.47. The smallest absolute Gasteiger partial charge is 0.238 e. The maximum Gasteiger partial charge on any atom is 0.238 e. The number of hydrogen-bond donors (Lipinski definition) is 2. The number of piperazine rings is 1. The molecule has 0 spiro atoms. The number of nitrogens with zero attached hydrogens (tertiary/aromatic N) is 2. The number of thioether (sulfide) groups is 1. The van der Waals surface area contributed by atoms with E-state index in [2.05, 4.69) is 39.5 Å². The minimum Gasteiger partial charge on any atom is -0.325 e. The second-order valence-corrected chi connectivity index (χ2v) is 7.89. The van der Waals surface area contributed by atoms with Gasteiger partial charge in [0.25, 0.3) is 0 Å². The molecular weight excluding hydrogens is 320 g/mol. The quantitative estimate of drug-likeness (QED) is 0.844. The van der Waals surface area contributed by atoms with E-state index in [0.717, 1.165) is 45.0 Å². The SMILES string of the molecule is C[C@@H]1CNCCN1CC(=O)Nc1cccc(CN2CCSCC2)c1. The molecule has 2 heterocycles. The minimum absolute atomic E-state index is 0.0790. The molecule has 1 aromatic carbocycles. The number of rotatable bonds is 5. The van der Waals surface area contributed by atoms with Crippen LogP contribution >= 0.6 is 11.8 Å². The van der Waals surface area contributed by atoms with E-state index < -0.39 is 0 Å². The molecule has 1 atom stereocenters. The maximum absolute atomic E-state index is 12.3. The van der Waals surface area contributed by atoms with E-state index in [1.54, 1.807) is 0 Å². The van der Waals surface area contributed by atoms with Gasteiger partial charge in [0.05, 0.1) is 6.54 Å². The van der Waals surface area contributed by atoms with Gasteiger partial charge in [0.15, 0.2) is 0 Å². The summed E-state index contributed by atoms with van der Waals surface area (Å²) in [6.07, 6.45) is 0. The van der Waals surface area contributed by atoms with Crippen LogP contribution in [-0.4, -0.2) is 72.5 Å². The van der Waals surface area contributed by atoms with Gasteiger partial charge >= 0.3 is 0 Å². The molecule has 2 fully saturated rings. The van der Waals surface area contributed by atoms with Crippen LogP contribution in [0.3, 0.4) is 0 Å². The largest absolute Gasteiger partial charge is 0.325 e. The van der Waals surface area contributed by atoms with Gasteiger partial charge < -0.3 is 10.6 Å². The third-order valence-corrected chi connectivity index (χ3v) is 5.65. The second-order valence-electron chi connectivity index (χ2n) is 6.66. The Balaban J connectivity index is 1.52. The first-order valence-electron chi connectivity index (χ1n) is 8.84. The highest BCUT2D eigenvalue weighted by Crippen LogP contribution is 2.16. The van der Waals surface area contributed by atoms with Crippen molar-refractivity contribution in [3.63, 3.8) is 0 Å². The molecule has 2 N–H and O–H groups in total. The summed E-state index contributed by atoms with van der Waals surface area (Å²) in [7, 11) is 0. The highest BCUT2D eigenvalue weighted by molar-refractivity contribution is 7.99. The van der Waals surface area contributed by atoms with Crippen LogP contribution in [0.4, 0.5) is 5.69 Å². The Morgan fingerprint density at radius 1 is 1.33 bits per heavy atom. The zero-order chi connectivity index (χ0) is 16.8. The van der Waals surface area contributed by atoms with Crippen molar-refractivity contribution in [1.82, 2.24) is 15.1 Å². The first-order valence-corrected chi connectivity index (χ1v) is 10.00. The Morgan fingerprint density at radius 2 is 2.17 bits per heavy atom. The van der Waals surface area contributed by atoms with Crippen LogP contribution in [0.2, 0.25) is 0 Å². The van der Waals surface area contributed by atoms with E-state index in [9.17, 15) is 4.79 Å². The zero-order valence-electron chi connectivity index (χ0n) is 14.5. The molecule has 132 valence electrons. The number of carbonyl (C=O) groups excluding carboxylic acids is 1. The third-order valence-electron chi connectivity index (χ3n) is 4.71. The summed E-state index contributed by atoms with van der Waals surface area (Å²) in [5.74, 6) is 2.52. The molecule has 0 aliphatic carbocycles. The van der Waals surface area contributed by atoms with Crippen LogP contribution in [0.5, 0.6) is 0 Å². The van der Waals surface area contributed by atoms with Gasteiger partial charge in [-0.3, -0.25) is 14.6 Å². The van der Waals surface area contributed by atoms with Crippen LogP contribution < -0.4 is 10.6 Å². The number of hydrogen-bond acceptors (Lipinski definition) is 5. The summed E-state index contributed by atoms with van der Waals surface area (Å²) in [6, 6.07) is 8.69. The summed E-state index contributed by atoms with van der Waals surface area (Å²) in [5, 5.41) is 6.42. The summed E-state index contributed by atoms with van der Waals surface area (Å²) in [6.45, 7) is 8.76. The lowest BCUT2D eigenvalue weighted by atomic mass is 10.2. The molecule has 6 heteroatoms. The van der Waals surface area contributed by atoms with Gasteiger partial charge in [-0.2, -0.15) is 11.8 Å². The van der Waals surface area contributed by atoms with E-state index >= 15 is 0 Å². The Hall–Kier alpha value is -1.08. The van der Waals surface area contributed by atoms with E-state index in [0.29, 0.717) is 12.6 Å². The molecule has 24 heavy (non-hydrogen) atoms. The van der Waals surface area contributed by atoms with Gasteiger partial charge in [0, 0.05) is 62.5 Å². The zero-order valence-corrected chi connectivity index (χ0v) is 15.3. The maximum atomic E-state index is 12.3. The number of nitrogens with one attached hydrogen (secondary N) is 2. The fraction of sp³-hybridized carbons (Fsp3) is 0.611. The average molecular weight is 349 g/mol. The van der Waals surface area contributed by atoms with E-state index in [1.807, 2.05) is 23.9 Å². The van der Waals surface area contributed by atoms with Crippen molar-refractivity contribution in [2.75, 3.05) is 56.1 Å². The van der Waals surface area contributed by atoms with Crippen LogP contribution in [0.25, 0.3) is 0 Å². The fourth-order valence-corrected chi connectivity index (χ4v) is 4.25. The molecule has 3 rings (SSSR count). The number of amides is 1. The van der Waals surface area contributed by atoms with Crippen molar-refractivity contribution in [2.24, 2.45) is 0 Å². The van der Waals surface area contributed by atoms with Gasteiger partial charge in [-0.05, 0) is 24.6 Å². The number of carbonyl (C=O) groups is 1. The summed E-state index contributed by atoms with van der Waals surface area (Å²) >= 11 is 2.03. The second kappa shape index (κ2) is 8.85.